The van der Waals surface area contributed by atoms with Gasteiger partial charge >= 0.3 is 0 Å². The van der Waals surface area contributed by atoms with Crippen LogP contribution < -0.4 is 0 Å². The quantitative estimate of drug-likeness (QED) is 0.860. The van der Waals surface area contributed by atoms with Gasteiger partial charge in [0.15, 0.2) is 0 Å². The van der Waals surface area contributed by atoms with Crippen molar-refractivity contribution in [1.82, 2.24) is 4.98 Å². The van der Waals surface area contributed by atoms with Crippen LogP contribution in [0.4, 0.5) is 0 Å². The van der Waals surface area contributed by atoms with E-state index in [0.29, 0.717) is 0 Å². The predicted molar refractivity (Wildman–Crippen MR) is 78.1 cm³/mol. The van der Waals surface area contributed by atoms with Crippen molar-refractivity contribution in [2.75, 3.05) is 0 Å². The van der Waals surface area contributed by atoms with E-state index >= 15 is 0 Å². The fourth-order valence-electron chi connectivity index (χ4n) is 2.17. The number of aliphatic hydroxyl groups excluding tert-OH is 1. The second-order valence-electron chi connectivity index (χ2n) is 4.92. The highest BCUT2D eigenvalue weighted by atomic mass is 16.3. The average Bonchev–Trinajstić information content (AvgIpc) is 2.47. The van der Waals surface area contributed by atoms with Crippen LogP contribution >= 0.6 is 0 Å². The Balaban J connectivity index is 1.82. The maximum atomic E-state index is 10.1. The summed E-state index contributed by atoms with van der Waals surface area (Å²) in [6.45, 7) is 2.15. The molecule has 2 rings (SSSR count). The van der Waals surface area contributed by atoms with Gasteiger partial charge in [0.2, 0.25) is 0 Å². The average molecular weight is 255 g/mol. The first kappa shape index (κ1) is 13.8. The highest BCUT2D eigenvalue weighted by Crippen LogP contribution is 2.11. The Morgan fingerprint density at radius 2 is 1.58 bits per heavy atom. The van der Waals surface area contributed by atoms with E-state index in [1.54, 1.807) is 12.4 Å². The summed E-state index contributed by atoms with van der Waals surface area (Å²) < 4.78 is 0. The van der Waals surface area contributed by atoms with E-state index in [4.69, 9.17) is 0 Å². The van der Waals surface area contributed by atoms with Gasteiger partial charge < -0.3 is 5.11 Å². The van der Waals surface area contributed by atoms with E-state index in [9.17, 15) is 5.11 Å². The van der Waals surface area contributed by atoms with Gasteiger partial charge in [-0.1, -0.05) is 31.2 Å². The highest BCUT2D eigenvalue weighted by Gasteiger charge is 2.06. The summed E-state index contributed by atoms with van der Waals surface area (Å²) in [5.74, 6) is 0. The number of aromatic nitrogens is 1. The molecular weight excluding hydrogens is 234 g/mol. The molecule has 19 heavy (non-hydrogen) atoms. The molecule has 0 fully saturated rings. The van der Waals surface area contributed by atoms with Gasteiger partial charge in [-0.25, -0.2) is 0 Å². The zero-order chi connectivity index (χ0) is 13.5. The van der Waals surface area contributed by atoms with Crippen molar-refractivity contribution in [3.05, 3.63) is 65.5 Å². The third kappa shape index (κ3) is 4.49. The fourth-order valence-corrected chi connectivity index (χ4v) is 2.17. The van der Waals surface area contributed by atoms with Crippen LogP contribution in [-0.4, -0.2) is 16.2 Å². The van der Waals surface area contributed by atoms with Crippen LogP contribution in [0, 0.1) is 0 Å². The molecule has 0 saturated carbocycles. The summed E-state index contributed by atoms with van der Waals surface area (Å²) in [7, 11) is 0. The Hall–Kier alpha value is -1.67. The minimum Gasteiger partial charge on any atom is -0.393 e. The van der Waals surface area contributed by atoms with Crippen LogP contribution in [0.15, 0.2) is 48.8 Å². The number of aliphatic hydroxyl groups is 1. The first-order chi connectivity index (χ1) is 9.28. The van der Waals surface area contributed by atoms with E-state index in [2.05, 4.69) is 36.2 Å². The Labute approximate surface area is 115 Å². The summed E-state index contributed by atoms with van der Waals surface area (Å²) in [6, 6.07) is 12.5. The smallest absolute Gasteiger partial charge is 0.0583 e. The first-order valence-corrected chi connectivity index (χ1v) is 6.92. The molecule has 0 aliphatic carbocycles. The minimum absolute atomic E-state index is 0.277. The van der Waals surface area contributed by atoms with E-state index in [1.165, 1.54) is 16.7 Å². The molecule has 0 radical (unpaired) electrons. The summed E-state index contributed by atoms with van der Waals surface area (Å²) in [4.78, 5) is 3.99. The molecule has 2 aromatic rings. The molecular formula is C17H21NO. The van der Waals surface area contributed by atoms with E-state index < -0.39 is 0 Å². The molecule has 0 spiro atoms. The SMILES string of the molecule is CCc1ccc(CC(O)CCc2ccncc2)cc1. The Kier molecular flexibility index (Phi) is 5.10. The lowest BCUT2D eigenvalue weighted by Crippen LogP contribution is -2.11. The molecule has 1 N–H and O–H groups in total. The first-order valence-electron chi connectivity index (χ1n) is 6.92. The molecule has 1 atom stereocenters. The second-order valence-corrected chi connectivity index (χ2v) is 4.92. The number of hydrogen-bond acceptors (Lipinski definition) is 2. The number of hydrogen-bond donors (Lipinski definition) is 1. The van der Waals surface area contributed by atoms with Crippen molar-refractivity contribution in [3.8, 4) is 0 Å². The normalized spacial score (nSPS) is 12.3. The lowest BCUT2D eigenvalue weighted by Gasteiger charge is -2.11. The molecule has 0 amide bonds. The monoisotopic (exact) mass is 255 g/mol. The van der Waals surface area contributed by atoms with Gasteiger partial charge in [0.1, 0.15) is 0 Å². The van der Waals surface area contributed by atoms with Gasteiger partial charge in [-0.05, 0) is 54.5 Å². The molecule has 1 heterocycles. The lowest BCUT2D eigenvalue weighted by molar-refractivity contribution is 0.165. The van der Waals surface area contributed by atoms with Crippen molar-refractivity contribution in [2.45, 2.75) is 38.7 Å². The summed E-state index contributed by atoms with van der Waals surface area (Å²) >= 11 is 0. The van der Waals surface area contributed by atoms with Crippen LogP contribution in [0.1, 0.15) is 30.0 Å². The summed E-state index contributed by atoms with van der Waals surface area (Å²) in [5, 5.41) is 10.1. The van der Waals surface area contributed by atoms with Crippen molar-refractivity contribution in [3.63, 3.8) is 0 Å². The Bertz CT molecular complexity index is 478. The van der Waals surface area contributed by atoms with Crippen molar-refractivity contribution in [2.24, 2.45) is 0 Å². The van der Waals surface area contributed by atoms with Crippen molar-refractivity contribution >= 4 is 0 Å². The molecule has 1 aromatic heterocycles. The van der Waals surface area contributed by atoms with Gasteiger partial charge in [-0.3, -0.25) is 4.98 Å². The topological polar surface area (TPSA) is 33.1 Å². The molecule has 0 aliphatic heterocycles. The van der Waals surface area contributed by atoms with E-state index in [0.717, 1.165) is 25.7 Å². The van der Waals surface area contributed by atoms with Gasteiger partial charge in [0.05, 0.1) is 6.10 Å². The fraction of sp³-hybridized carbons (Fsp3) is 0.353. The maximum Gasteiger partial charge on any atom is 0.0583 e. The third-order valence-corrected chi connectivity index (χ3v) is 3.42. The summed E-state index contributed by atoms with van der Waals surface area (Å²) in [6.07, 6.45) is 6.80. The molecule has 2 nitrogen and oxygen atoms in total. The Morgan fingerprint density at radius 3 is 2.21 bits per heavy atom. The molecule has 1 aromatic carbocycles. The largest absolute Gasteiger partial charge is 0.393 e. The number of aryl methyl sites for hydroxylation is 2. The van der Waals surface area contributed by atoms with Crippen LogP contribution in [0.25, 0.3) is 0 Å². The van der Waals surface area contributed by atoms with Crippen molar-refractivity contribution < 1.29 is 5.11 Å². The molecule has 100 valence electrons. The van der Waals surface area contributed by atoms with Gasteiger partial charge in [-0.2, -0.15) is 0 Å². The lowest BCUT2D eigenvalue weighted by atomic mass is 10.0. The maximum absolute atomic E-state index is 10.1. The molecule has 0 aliphatic rings. The molecule has 0 bridgehead atoms. The van der Waals surface area contributed by atoms with Gasteiger partial charge in [0.25, 0.3) is 0 Å². The minimum atomic E-state index is -0.277. The van der Waals surface area contributed by atoms with E-state index in [-0.39, 0.29) is 6.10 Å². The van der Waals surface area contributed by atoms with Crippen LogP contribution in [-0.2, 0) is 19.3 Å². The Morgan fingerprint density at radius 1 is 0.947 bits per heavy atom. The van der Waals surface area contributed by atoms with Crippen LogP contribution in [0.3, 0.4) is 0 Å². The number of rotatable bonds is 6. The highest BCUT2D eigenvalue weighted by molar-refractivity contribution is 5.23. The molecule has 2 heteroatoms. The van der Waals surface area contributed by atoms with Gasteiger partial charge in [-0.15, -0.1) is 0 Å². The standard InChI is InChI=1S/C17H21NO/c1-2-14-3-5-16(6-4-14)13-17(19)8-7-15-9-11-18-12-10-15/h3-6,9-12,17,19H,2,7-8,13H2,1H3. The zero-order valence-electron chi connectivity index (χ0n) is 11.4. The predicted octanol–water partition coefficient (Wildman–Crippen LogP) is 3.18. The number of benzene rings is 1. The van der Waals surface area contributed by atoms with Crippen molar-refractivity contribution in [1.29, 1.82) is 0 Å². The molecule has 1 unspecified atom stereocenters. The van der Waals surface area contributed by atoms with E-state index in [1.807, 2.05) is 12.1 Å². The summed E-state index contributed by atoms with van der Waals surface area (Å²) in [5.41, 5.74) is 3.78. The number of nitrogens with zero attached hydrogens (tertiary/aromatic N) is 1. The molecule has 0 saturated heterocycles. The van der Waals surface area contributed by atoms with Gasteiger partial charge in [0, 0.05) is 12.4 Å². The third-order valence-electron chi connectivity index (χ3n) is 3.42. The van der Waals surface area contributed by atoms with Crippen LogP contribution in [0.2, 0.25) is 0 Å². The number of pyridine rings is 1. The van der Waals surface area contributed by atoms with Crippen LogP contribution in [0.5, 0.6) is 0 Å². The zero-order valence-corrected chi connectivity index (χ0v) is 11.4. The second kappa shape index (κ2) is 7.05.